The Hall–Kier alpha value is -4.13. The Morgan fingerprint density at radius 2 is 1.79 bits per heavy atom. The lowest BCUT2D eigenvalue weighted by molar-refractivity contribution is -0.105. The van der Waals surface area contributed by atoms with E-state index < -0.39 is 5.97 Å². The van der Waals surface area contributed by atoms with E-state index in [9.17, 15) is 24.6 Å². The maximum atomic E-state index is 11.9. The van der Waals surface area contributed by atoms with Gasteiger partial charge in [0.25, 0.3) is 0 Å². The average molecular weight is 375 g/mol. The number of aromatic hydroxyl groups is 1. The molecule has 1 aliphatic heterocycles. The predicted octanol–water partition coefficient (Wildman–Crippen LogP) is 3.54. The second-order valence-electron chi connectivity index (χ2n) is 6.14. The molecular formula is C21H13NO6. The first kappa shape index (κ1) is 17.3. The molecular weight excluding hydrogens is 362 g/mol. The predicted molar refractivity (Wildman–Crippen MR) is 103 cm³/mol. The zero-order valence-electron chi connectivity index (χ0n) is 14.3. The van der Waals surface area contributed by atoms with Crippen LogP contribution in [0.1, 0.15) is 10.4 Å². The number of amides is 1. The van der Waals surface area contributed by atoms with E-state index in [1.54, 1.807) is 24.3 Å². The first-order chi connectivity index (χ1) is 13.5. The summed E-state index contributed by atoms with van der Waals surface area (Å²) in [6, 6.07) is 13.3. The fraction of sp³-hybridized carbons (Fsp3) is 0. The molecule has 2 aliphatic rings. The van der Waals surface area contributed by atoms with Crippen molar-refractivity contribution < 1.29 is 24.2 Å². The number of phenolic OH excluding ortho intramolecular Hbond substituents is 1. The Morgan fingerprint density at radius 3 is 2.54 bits per heavy atom. The van der Waals surface area contributed by atoms with E-state index in [4.69, 9.17) is 4.42 Å². The fourth-order valence-corrected chi connectivity index (χ4v) is 3.25. The number of hydrogen-bond acceptors (Lipinski definition) is 5. The molecule has 3 N–H and O–H groups in total. The average Bonchev–Trinajstić information content (AvgIpc) is 2.66. The number of carbonyl (C=O) groups is 2. The molecule has 0 saturated heterocycles. The highest BCUT2D eigenvalue weighted by atomic mass is 16.4. The molecule has 7 heteroatoms. The maximum Gasteiger partial charge on any atom is 0.336 e. The van der Waals surface area contributed by atoms with E-state index in [1.165, 1.54) is 30.3 Å². The summed E-state index contributed by atoms with van der Waals surface area (Å²) in [5.74, 6) is -0.929. The Morgan fingerprint density at radius 1 is 1.00 bits per heavy atom. The van der Waals surface area contributed by atoms with E-state index in [-0.39, 0.29) is 22.5 Å². The molecule has 2 aromatic carbocycles. The number of carboxylic acid groups (broad SMARTS) is 1. The number of hydrogen-bond donors (Lipinski definition) is 3. The van der Waals surface area contributed by atoms with Crippen LogP contribution in [-0.4, -0.2) is 22.6 Å². The Balaban J connectivity index is 2.14. The molecule has 0 saturated carbocycles. The summed E-state index contributed by atoms with van der Waals surface area (Å²) in [7, 11) is 0. The first-order valence-corrected chi connectivity index (χ1v) is 8.25. The number of nitrogens with one attached hydrogen (secondary N) is 1. The van der Waals surface area contributed by atoms with Gasteiger partial charge < -0.3 is 19.9 Å². The van der Waals surface area contributed by atoms with Crippen LogP contribution in [0.3, 0.4) is 0 Å². The molecule has 1 aliphatic carbocycles. The Labute approximate surface area is 157 Å². The van der Waals surface area contributed by atoms with Gasteiger partial charge in [-0.05, 0) is 42.0 Å². The van der Waals surface area contributed by atoms with E-state index >= 15 is 0 Å². The smallest absolute Gasteiger partial charge is 0.336 e. The van der Waals surface area contributed by atoms with Gasteiger partial charge in [-0.1, -0.05) is 6.07 Å². The summed E-state index contributed by atoms with van der Waals surface area (Å²) < 4.78 is 5.77. The van der Waals surface area contributed by atoms with Crippen molar-refractivity contribution >= 4 is 29.0 Å². The van der Waals surface area contributed by atoms with Crippen LogP contribution in [0.2, 0.25) is 0 Å². The van der Waals surface area contributed by atoms with Gasteiger partial charge in [-0.3, -0.25) is 9.59 Å². The highest BCUT2D eigenvalue weighted by Crippen LogP contribution is 2.42. The maximum absolute atomic E-state index is 11.9. The normalized spacial score (nSPS) is 10.9. The van der Waals surface area contributed by atoms with Crippen LogP contribution in [-0.2, 0) is 4.79 Å². The number of carbonyl (C=O) groups excluding carboxylic acids is 1. The second kappa shape index (κ2) is 6.55. The van der Waals surface area contributed by atoms with Crippen LogP contribution in [0.4, 0.5) is 5.69 Å². The van der Waals surface area contributed by atoms with Crippen molar-refractivity contribution in [3.63, 3.8) is 0 Å². The third kappa shape index (κ3) is 2.84. The minimum atomic E-state index is -1.18. The van der Waals surface area contributed by atoms with Crippen LogP contribution in [0.25, 0.3) is 33.4 Å². The van der Waals surface area contributed by atoms with E-state index in [0.29, 0.717) is 39.8 Å². The first-order valence-electron chi connectivity index (χ1n) is 8.25. The summed E-state index contributed by atoms with van der Waals surface area (Å²) in [5.41, 5.74) is 1.84. The SMILES string of the molecule is O=CNc1ccc(-c2c3ccc(=O)cc-3oc3cc(O)ccc23)c(C(=O)O)c1. The molecule has 28 heavy (non-hydrogen) atoms. The topological polar surface area (TPSA) is 117 Å². The molecule has 0 fully saturated rings. The number of carboxylic acids is 1. The molecule has 4 rings (SSSR count). The monoisotopic (exact) mass is 375 g/mol. The molecule has 0 aromatic heterocycles. The molecule has 0 bridgehead atoms. The lowest BCUT2D eigenvalue weighted by Crippen LogP contribution is -2.05. The standard InChI is InChI=1S/C21H13NO6/c23-10-22-11-1-4-14(17(7-11)21(26)27)20-15-5-2-12(24)8-18(15)28-19-9-13(25)3-6-16(19)20/h1-10,24H,(H,22,23)(H,26,27). The van der Waals surface area contributed by atoms with Crippen LogP contribution in [0.5, 0.6) is 5.75 Å². The van der Waals surface area contributed by atoms with Crippen molar-refractivity contribution in [2.24, 2.45) is 0 Å². The lowest BCUT2D eigenvalue weighted by atomic mass is 9.90. The van der Waals surface area contributed by atoms with Gasteiger partial charge in [-0.15, -0.1) is 0 Å². The quantitative estimate of drug-likeness (QED) is 0.371. The van der Waals surface area contributed by atoms with Crippen LogP contribution < -0.4 is 10.7 Å². The Kier molecular flexibility index (Phi) is 4.04. The van der Waals surface area contributed by atoms with Gasteiger partial charge in [-0.2, -0.15) is 0 Å². The summed E-state index contributed by atoms with van der Waals surface area (Å²) in [6.07, 6.45) is 0.464. The zero-order chi connectivity index (χ0) is 19.8. The summed E-state index contributed by atoms with van der Waals surface area (Å²) in [6.45, 7) is 0. The van der Waals surface area contributed by atoms with Crippen LogP contribution >= 0.6 is 0 Å². The van der Waals surface area contributed by atoms with Gasteiger partial charge in [-0.25, -0.2) is 4.79 Å². The van der Waals surface area contributed by atoms with Crippen molar-refractivity contribution in [2.45, 2.75) is 0 Å². The number of phenols is 1. The Bertz CT molecular complexity index is 1270. The lowest BCUT2D eigenvalue weighted by Gasteiger charge is -2.17. The molecule has 1 heterocycles. The summed E-state index contributed by atoms with van der Waals surface area (Å²) >= 11 is 0. The molecule has 138 valence electrons. The number of fused-ring (bicyclic) bond motifs is 2. The second-order valence-corrected chi connectivity index (χ2v) is 6.14. The molecule has 7 nitrogen and oxygen atoms in total. The summed E-state index contributed by atoms with van der Waals surface area (Å²) in [4.78, 5) is 34.4. The number of aromatic carboxylic acids is 1. The molecule has 2 aromatic rings. The zero-order valence-corrected chi connectivity index (χ0v) is 14.3. The van der Waals surface area contributed by atoms with Crippen LogP contribution in [0.15, 0.2) is 63.8 Å². The molecule has 0 spiro atoms. The minimum absolute atomic E-state index is 0.0242. The number of benzene rings is 3. The molecule has 1 amide bonds. The van der Waals surface area contributed by atoms with Gasteiger partial charge in [0, 0.05) is 34.3 Å². The fourth-order valence-electron chi connectivity index (χ4n) is 3.25. The largest absolute Gasteiger partial charge is 0.508 e. The van der Waals surface area contributed by atoms with Gasteiger partial charge in [0.1, 0.15) is 17.1 Å². The molecule has 0 unspecified atom stereocenters. The number of rotatable bonds is 4. The van der Waals surface area contributed by atoms with Crippen molar-refractivity contribution in [3.8, 4) is 28.2 Å². The number of anilines is 1. The highest BCUT2D eigenvalue weighted by molar-refractivity contribution is 6.08. The van der Waals surface area contributed by atoms with Crippen molar-refractivity contribution in [3.05, 3.63) is 70.4 Å². The van der Waals surface area contributed by atoms with E-state index in [2.05, 4.69) is 5.32 Å². The van der Waals surface area contributed by atoms with Gasteiger partial charge in [0.05, 0.1) is 5.56 Å². The minimum Gasteiger partial charge on any atom is -0.508 e. The van der Waals surface area contributed by atoms with Crippen LogP contribution in [0, 0.1) is 0 Å². The molecule has 0 atom stereocenters. The third-order valence-electron chi connectivity index (χ3n) is 4.42. The van der Waals surface area contributed by atoms with Gasteiger partial charge >= 0.3 is 5.97 Å². The third-order valence-corrected chi connectivity index (χ3v) is 4.42. The van der Waals surface area contributed by atoms with Gasteiger partial charge in [0.15, 0.2) is 5.43 Å². The van der Waals surface area contributed by atoms with Crippen molar-refractivity contribution in [1.82, 2.24) is 0 Å². The molecule has 0 radical (unpaired) electrons. The van der Waals surface area contributed by atoms with Crippen molar-refractivity contribution in [1.29, 1.82) is 0 Å². The summed E-state index contributed by atoms with van der Waals surface area (Å²) in [5, 5.41) is 22.5. The van der Waals surface area contributed by atoms with E-state index in [0.717, 1.165) is 0 Å². The van der Waals surface area contributed by atoms with E-state index in [1.807, 2.05) is 0 Å². The highest BCUT2D eigenvalue weighted by Gasteiger charge is 2.22. The van der Waals surface area contributed by atoms with Crippen molar-refractivity contribution in [2.75, 3.05) is 5.32 Å². The van der Waals surface area contributed by atoms with Gasteiger partial charge in [0.2, 0.25) is 6.41 Å².